The molecule has 2 aliphatic carbocycles. The normalized spacial score (nSPS) is 34.3. The van der Waals surface area contributed by atoms with Crippen molar-refractivity contribution >= 4 is 17.4 Å². The lowest BCUT2D eigenvalue weighted by atomic mass is 9.64. The summed E-state index contributed by atoms with van der Waals surface area (Å²) in [5.41, 5.74) is -2.24. The maximum absolute atomic E-state index is 12.8. The van der Waals surface area contributed by atoms with E-state index in [1.54, 1.807) is 12.1 Å². The highest BCUT2D eigenvalue weighted by atomic mass is 16.4. The van der Waals surface area contributed by atoms with Crippen LogP contribution in [0.3, 0.4) is 0 Å². The van der Waals surface area contributed by atoms with Crippen molar-refractivity contribution in [1.29, 1.82) is 0 Å². The molecule has 2 bridgehead atoms. The molecule has 3 rings (SSSR count). The summed E-state index contributed by atoms with van der Waals surface area (Å²) < 4.78 is 5.20. The first-order chi connectivity index (χ1) is 10.3. The molecule has 1 aromatic heterocycles. The van der Waals surface area contributed by atoms with Crippen LogP contribution in [-0.2, 0) is 16.1 Å². The molecule has 2 unspecified atom stereocenters. The number of hydrogen-bond donors (Lipinski definition) is 2. The van der Waals surface area contributed by atoms with Gasteiger partial charge in [-0.3, -0.25) is 9.59 Å². The molecule has 0 radical (unpaired) electrons. The average molecular weight is 304 g/mol. The molecule has 2 atom stereocenters. The molecule has 0 aromatic carbocycles. The first-order valence-electron chi connectivity index (χ1n) is 7.39. The van der Waals surface area contributed by atoms with Gasteiger partial charge in [0.2, 0.25) is 5.91 Å². The summed E-state index contributed by atoms with van der Waals surface area (Å²) in [5, 5.41) is 15.3. The summed E-state index contributed by atoms with van der Waals surface area (Å²) in [6, 6.07) is 3.51. The third-order valence-electron chi connectivity index (χ3n) is 6.06. The molecule has 0 aliphatic heterocycles. The van der Waals surface area contributed by atoms with Gasteiger partial charge in [0.1, 0.15) is 16.9 Å². The van der Waals surface area contributed by atoms with E-state index in [1.807, 2.05) is 20.8 Å². The summed E-state index contributed by atoms with van der Waals surface area (Å²) in [5.74, 6) is -0.0446. The molecule has 0 spiro atoms. The second-order valence-corrected chi connectivity index (χ2v) is 6.90. The molecule has 0 saturated heterocycles. The average Bonchev–Trinajstić information content (AvgIpc) is 3.07. The van der Waals surface area contributed by atoms with Crippen LogP contribution in [0.15, 0.2) is 28.0 Å². The maximum Gasteiger partial charge on any atom is 0.235 e. The number of carbonyl (C=O) groups is 2. The third kappa shape index (κ3) is 1.47. The fourth-order valence-electron chi connectivity index (χ4n) is 4.19. The summed E-state index contributed by atoms with van der Waals surface area (Å²) in [6.45, 7) is 5.94. The number of nitrogens with one attached hydrogen (secondary N) is 1. The Kier molecular flexibility index (Phi) is 2.99. The fourth-order valence-corrected chi connectivity index (χ4v) is 4.19. The molecular formula is C16H20N2O4. The zero-order chi connectivity index (χ0) is 16.2. The second kappa shape index (κ2) is 4.44. The highest BCUT2D eigenvalue weighted by Gasteiger charge is 2.76. The van der Waals surface area contributed by atoms with Crippen LogP contribution < -0.4 is 5.32 Å². The molecule has 2 saturated carbocycles. The number of amides is 1. The Morgan fingerprint density at radius 3 is 2.68 bits per heavy atom. The monoisotopic (exact) mass is 304 g/mol. The van der Waals surface area contributed by atoms with Crippen LogP contribution in [-0.4, -0.2) is 22.6 Å². The predicted octanol–water partition coefficient (Wildman–Crippen LogP) is 2.12. The first kappa shape index (κ1) is 14.8. The van der Waals surface area contributed by atoms with Crippen LogP contribution in [0.1, 0.15) is 39.4 Å². The first-order valence-corrected chi connectivity index (χ1v) is 7.39. The van der Waals surface area contributed by atoms with Crippen molar-refractivity contribution in [3.05, 3.63) is 24.2 Å². The highest BCUT2D eigenvalue weighted by molar-refractivity contribution is 6.50. The number of furan rings is 1. The molecule has 1 aromatic rings. The molecule has 1 heterocycles. The van der Waals surface area contributed by atoms with Gasteiger partial charge < -0.3 is 14.9 Å². The van der Waals surface area contributed by atoms with Gasteiger partial charge >= 0.3 is 0 Å². The van der Waals surface area contributed by atoms with Gasteiger partial charge in [0.25, 0.3) is 0 Å². The van der Waals surface area contributed by atoms with Gasteiger partial charge in [-0.15, -0.1) is 0 Å². The number of fused-ring (bicyclic) bond motifs is 2. The van der Waals surface area contributed by atoms with Crippen LogP contribution in [0, 0.1) is 16.2 Å². The van der Waals surface area contributed by atoms with Crippen LogP contribution in [0.5, 0.6) is 0 Å². The van der Waals surface area contributed by atoms with E-state index in [-0.39, 0.29) is 23.9 Å². The van der Waals surface area contributed by atoms with Crippen molar-refractivity contribution in [2.24, 2.45) is 21.4 Å². The Balaban J connectivity index is 1.94. The molecule has 2 N–H and O–H groups in total. The Morgan fingerprint density at radius 2 is 2.14 bits per heavy atom. The topological polar surface area (TPSA) is 91.9 Å². The summed E-state index contributed by atoms with van der Waals surface area (Å²) >= 11 is 0. The maximum atomic E-state index is 12.8. The lowest BCUT2D eigenvalue weighted by Crippen LogP contribution is -2.50. The zero-order valence-corrected chi connectivity index (χ0v) is 13.0. The predicted molar refractivity (Wildman–Crippen MR) is 78.3 cm³/mol. The van der Waals surface area contributed by atoms with Crippen LogP contribution in [0.25, 0.3) is 0 Å². The van der Waals surface area contributed by atoms with E-state index < -0.39 is 16.2 Å². The van der Waals surface area contributed by atoms with Crippen LogP contribution in [0.2, 0.25) is 0 Å². The number of nitrogens with zero attached hydrogens (tertiary/aromatic N) is 1. The summed E-state index contributed by atoms with van der Waals surface area (Å²) in [7, 11) is 0. The number of Topliss-reactive ketones (excluding diaryl/α,β-unsaturated/α-hetero) is 1. The molecule has 6 heteroatoms. The van der Waals surface area contributed by atoms with Crippen molar-refractivity contribution in [3.63, 3.8) is 0 Å². The van der Waals surface area contributed by atoms with Gasteiger partial charge in [0.15, 0.2) is 5.78 Å². The zero-order valence-electron chi connectivity index (χ0n) is 13.0. The van der Waals surface area contributed by atoms with Gasteiger partial charge in [-0.1, -0.05) is 25.9 Å². The van der Waals surface area contributed by atoms with Gasteiger partial charge in [-0.25, -0.2) is 0 Å². The Hall–Kier alpha value is -2.11. The minimum absolute atomic E-state index is 0.122. The van der Waals surface area contributed by atoms with Crippen molar-refractivity contribution < 1.29 is 19.2 Å². The molecule has 118 valence electrons. The Labute approximate surface area is 128 Å². The lowest BCUT2D eigenvalue weighted by Gasteiger charge is -2.37. The minimum atomic E-state index is -1.17. The highest BCUT2D eigenvalue weighted by Crippen LogP contribution is 2.69. The summed E-state index contributed by atoms with van der Waals surface area (Å²) in [6.07, 6.45) is 2.66. The minimum Gasteiger partial charge on any atom is -0.467 e. The SMILES string of the molecule is CC12CCC(C(=O)NCc3ccco3)(C(=O)/C1=N\O)C2(C)C. The van der Waals surface area contributed by atoms with Crippen molar-refractivity contribution in [2.75, 3.05) is 0 Å². The van der Waals surface area contributed by atoms with E-state index >= 15 is 0 Å². The lowest BCUT2D eigenvalue weighted by molar-refractivity contribution is -0.144. The summed E-state index contributed by atoms with van der Waals surface area (Å²) in [4.78, 5) is 25.6. The molecule has 2 fully saturated rings. The van der Waals surface area contributed by atoms with E-state index in [0.717, 1.165) is 0 Å². The van der Waals surface area contributed by atoms with Crippen molar-refractivity contribution in [2.45, 2.75) is 40.2 Å². The third-order valence-corrected chi connectivity index (χ3v) is 6.06. The number of hydrogen-bond acceptors (Lipinski definition) is 5. The fraction of sp³-hybridized carbons (Fsp3) is 0.562. The van der Waals surface area contributed by atoms with Gasteiger partial charge in [-0.05, 0) is 30.4 Å². The van der Waals surface area contributed by atoms with Crippen molar-refractivity contribution in [3.8, 4) is 0 Å². The van der Waals surface area contributed by atoms with Crippen molar-refractivity contribution in [1.82, 2.24) is 5.32 Å². The largest absolute Gasteiger partial charge is 0.467 e. The molecule has 6 nitrogen and oxygen atoms in total. The van der Waals surface area contributed by atoms with E-state index in [1.165, 1.54) is 6.26 Å². The van der Waals surface area contributed by atoms with Gasteiger partial charge in [0, 0.05) is 5.41 Å². The quantitative estimate of drug-likeness (QED) is 0.508. The number of rotatable bonds is 3. The number of ketones is 1. The standard InChI is InChI=1S/C16H20N2O4/c1-14(2)15(3)6-7-16(14,12(19)11(15)18-21)13(20)17-9-10-5-4-8-22-10/h4-5,8,21H,6-7,9H2,1-3H3,(H,17,20)/b18-11+. The van der Waals surface area contributed by atoms with Crippen LogP contribution >= 0.6 is 0 Å². The Morgan fingerprint density at radius 1 is 1.41 bits per heavy atom. The van der Waals surface area contributed by atoms with E-state index in [9.17, 15) is 14.8 Å². The molecule has 2 aliphatic rings. The molecule has 22 heavy (non-hydrogen) atoms. The Bertz CT molecular complexity index is 662. The smallest absolute Gasteiger partial charge is 0.235 e. The number of oxime groups is 1. The van der Waals surface area contributed by atoms with Gasteiger partial charge in [0.05, 0.1) is 12.8 Å². The number of carbonyl (C=O) groups excluding carboxylic acids is 2. The van der Waals surface area contributed by atoms with E-state index in [4.69, 9.17) is 4.42 Å². The second-order valence-electron chi connectivity index (χ2n) is 6.90. The van der Waals surface area contributed by atoms with Crippen LogP contribution in [0.4, 0.5) is 0 Å². The van der Waals surface area contributed by atoms with E-state index in [2.05, 4.69) is 10.5 Å². The van der Waals surface area contributed by atoms with Gasteiger partial charge in [-0.2, -0.15) is 0 Å². The van der Waals surface area contributed by atoms with E-state index in [0.29, 0.717) is 18.6 Å². The molecule has 1 amide bonds. The molecular weight excluding hydrogens is 284 g/mol.